The quantitative estimate of drug-likeness (QED) is 0.276. The van der Waals surface area contributed by atoms with Gasteiger partial charge in [-0.25, -0.2) is 4.99 Å². The Morgan fingerprint density at radius 3 is 2.30 bits per heavy atom. The second kappa shape index (κ2) is 13.0. The maximum absolute atomic E-state index is 13.0. The lowest BCUT2D eigenvalue weighted by Crippen LogP contribution is -2.28. The van der Waals surface area contributed by atoms with Gasteiger partial charge in [0.15, 0.2) is 5.17 Å². The van der Waals surface area contributed by atoms with Gasteiger partial charge in [0.2, 0.25) is 0 Å². The standard InChI is InChI=1S/C33H34N2O4S/c1-2-35-32(38)30(40-33(35)34-28-16-10-24(11-17-28)21-31(36)37)20-23-12-18-29(19-13-23)39-22-25-8-14-27(15-9-25)26-6-4-3-5-7-26/h8-20,26H,2-7,21-22H2,1H3,(H,36,37)/b30-20+,34-33?. The number of aliphatic carboxylic acids is 1. The van der Waals surface area contributed by atoms with Gasteiger partial charge in [0, 0.05) is 6.54 Å². The summed E-state index contributed by atoms with van der Waals surface area (Å²) in [5.74, 6) is 0.541. The Labute approximate surface area is 239 Å². The first-order valence-electron chi connectivity index (χ1n) is 13.9. The highest BCUT2D eigenvalue weighted by atomic mass is 32.2. The van der Waals surface area contributed by atoms with E-state index < -0.39 is 5.97 Å². The number of amidine groups is 1. The molecule has 6 nitrogen and oxygen atoms in total. The first-order valence-corrected chi connectivity index (χ1v) is 14.7. The normalized spacial score (nSPS) is 18.0. The van der Waals surface area contributed by atoms with Crippen LogP contribution in [0, 0.1) is 0 Å². The van der Waals surface area contributed by atoms with E-state index in [0.717, 1.165) is 16.9 Å². The van der Waals surface area contributed by atoms with Crippen LogP contribution in [0.1, 0.15) is 67.2 Å². The minimum atomic E-state index is -0.873. The van der Waals surface area contributed by atoms with Crippen molar-refractivity contribution in [2.45, 2.75) is 58.0 Å². The van der Waals surface area contributed by atoms with Crippen LogP contribution in [0.2, 0.25) is 0 Å². The molecule has 0 radical (unpaired) electrons. The van der Waals surface area contributed by atoms with Gasteiger partial charge < -0.3 is 9.84 Å². The van der Waals surface area contributed by atoms with Crippen molar-refractivity contribution < 1.29 is 19.4 Å². The molecule has 2 fully saturated rings. The number of ether oxygens (including phenoxy) is 1. The summed E-state index contributed by atoms with van der Waals surface area (Å²) in [5, 5.41) is 9.57. The van der Waals surface area contributed by atoms with Crippen molar-refractivity contribution in [1.82, 2.24) is 4.90 Å². The van der Waals surface area contributed by atoms with Crippen LogP contribution >= 0.6 is 11.8 Å². The van der Waals surface area contributed by atoms with Crippen LogP contribution in [-0.2, 0) is 22.6 Å². The summed E-state index contributed by atoms with van der Waals surface area (Å²) in [4.78, 5) is 30.9. The van der Waals surface area contributed by atoms with Gasteiger partial charge in [-0.1, -0.05) is 67.8 Å². The Bertz CT molecular complexity index is 1390. The van der Waals surface area contributed by atoms with Crippen molar-refractivity contribution in [2.75, 3.05) is 6.54 Å². The number of rotatable bonds is 9. The molecule has 3 aromatic rings. The highest BCUT2D eigenvalue weighted by Crippen LogP contribution is 2.35. The van der Waals surface area contributed by atoms with Crippen molar-refractivity contribution in [3.05, 3.63) is 100.0 Å². The molecule has 0 aromatic heterocycles. The zero-order valence-electron chi connectivity index (χ0n) is 22.7. The molecule has 206 valence electrons. The molecule has 3 aromatic carbocycles. The van der Waals surface area contributed by atoms with Gasteiger partial charge in [-0.3, -0.25) is 14.5 Å². The number of carbonyl (C=O) groups excluding carboxylic acids is 1. The Hall–Kier alpha value is -3.84. The Balaban J connectivity index is 1.20. The van der Waals surface area contributed by atoms with Crippen molar-refractivity contribution in [1.29, 1.82) is 0 Å². The number of likely N-dealkylation sites (N-methyl/N-ethyl adjacent to an activating group) is 1. The van der Waals surface area contributed by atoms with E-state index in [4.69, 9.17) is 9.84 Å². The van der Waals surface area contributed by atoms with Gasteiger partial charge in [-0.2, -0.15) is 0 Å². The monoisotopic (exact) mass is 554 g/mol. The number of thioether (sulfide) groups is 1. The highest BCUT2D eigenvalue weighted by Gasteiger charge is 2.32. The van der Waals surface area contributed by atoms with Crippen LogP contribution in [-0.4, -0.2) is 33.6 Å². The molecule has 0 spiro atoms. The topological polar surface area (TPSA) is 79.2 Å². The molecule has 0 atom stereocenters. The molecule has 40 heavy (non-hydrogen) atoms. The minimum absolute atomic E-state index is 0.0324. The molecule has 1 saturated carbocycles. The third-order valence-electron chi connectivity index (χ3n) is 7.36. The first kappa shape index (κ1) is 27.7. The third-order valence-corrected chi connectivity index (χ3v) is 8.37. The second-order valence-electron chi connectivity index (χ2n) is 10.2. The van der Waals surface area contributed by atoms with Crippen molar-refractivity contribution >= 4 is 40.6 Å². The molecular formula is C33H34N2O4S. The molecule has 1 saturated heterocycles. The number of nitrogens with zero attached hydrogens (tertiary/aromatic N) is 2. The lowest BCUT2D eigenvalue weighted by Gasteiger charge is -2.22. The molecule has 0 unspecified atom stereocenters. The molecule has 1 heterocycles. The van der Waals surface area contributed by atoms with Gasteiger partial charge in [-0.05, 0) is 90.0 Å². The van der Waals surface area contributed by atoms with Gasteiger partial charge in [0.1, 0.15) is 12.4 Å². The molecule has 1 aliphatic carbocycles. The predicted molar refractivity (Wildman–Crippen MR) is 161 cm³/mol. The lowest BCUT2D eigenvalue weighted by molar-refractivity contribution is -0.136. The van der Waals surface area contributed by atoms with E-state index in [9.17, 15) is 9.59 Å². The summed E-state index contributed by atoms with van der Waals surface area (Å²) in [5.41, 5.74) is 4.90. The fraction of sp³-hybridized carbons (Fsp3) is 0.303. The summed E-state index contributed by atoms with van der Waals surface area (Å²) in [7, 11) is 0. The molecule has 2 aliphatic rings. The van der Waals surface area contributed by atoms with Crippen LogP contribution in [0.15, 0.2) is 82.7 Å². The number of hydrogen-bond acceptors (Lipinski definition) is 5. The lowest BCUT2D eigenvalue weighted by atomic mass is 9.84. The van der Waals surface area contributed by atoms with E-state index >= 15 is 0 Å². The molecule has 0 bridgehead atoms. The molecule has 1 N–H and O–H groups in total. The Kier molecular flexibility index (Phi) is 9.01. The van der Waals surface area contributed by atoms with E-state index in [1.807, 2.05) is 37.3 Å². The number of carboxylic acids is 1. The maximum atomic E-state index is 13.0. The summed E-state index contributed by atoms with van der Waals surface area (Å²) < 4.78 is 6.02. The van der Waals surface area contributed by atoms with E-state index in [0.29, 0.717) is 40.4 Å². The van der Waals surface area contributed by atoms with Crippen molar-refractivity contribution in [3.63, 3.8) is 0 Å². The molecular weight excluding hydrogens is 520 g/mol. The number of carbonyl (C=O) groups is 2. The van der Waals surface area contributed by atoms with E-state index in [-0.39, 0.29) is 12.3 Å². The first-order chi connectivity index (χ1) is 19.5. The third kappa shape index (κ3) is 7.02. The predicted octanol–water partition coefficient (Wildman–Crippen LogP) is 7.56. The van der Waals surface area contributed by atoms with Crippen molar-refractivity contribution in [3.8, 4) is 5.75 Å². The number of carboxylic acid groups (broad SMARTS) is 1. The van der Waals surface area contributed by atoms with Gasteiger partial charge in [0.05, 0.1) is 17.0 Å². The summed E-state index contributed by atoms with van der Waals surface area (Å²) >= 11 is 1.34. The van der Waals surface area contributed by atoms with Crippen LogP contribution < -0.4 is 4.74 Å². The van der Waals surface area contributed by atoms with Crippen LogP contribution in [0.25, 0.3) is 6.08 Å². The van der Waals surface area contributed by atoms with Gasteiger partial charge in [-0.15, -0.1) is 0 Å². The zero-order valence-corrected chi connectivity index (χ0v) is 23.5. The van der Waals surface area contributed by atoms with E-state index in [1.54, 1.807) is 29.2 Å². The summed E-state index contributed by atoms with van der Waals surface area (Å²) in [6, 6.07) is 23.7. The molecule has 1 aliphatic heterocycles. The van der Waals surface area contributed by atoms with Crippen molar-refractivity contribution in [2.24, 2.45) is 4.99 Å². The molecule has 7 heteroatoms. The average Bonchev–Trinajstić information content (AvgIpc) is 3.27. The molecule has 1 amide bonds. The minimum Gasteiger partial charge on any atom is -0.489 e. The van der Waals surface area contributed by atoms with E-state index in [2.05, 4.69) is 29.3 Å². The zero-order chi connectivity index (χ0) is 27.9. The smallest absolute Gasteiger partial charge is 0.307 e. The Morgan fingerprint density at radius 1 is 0.975 bits per heavy atom. The fourth-order valence-electron chi connectivity index (χ4n) is 5.14. The van der Waals surface area contributed by atoms with Gasteiger partial charge >= 0.3 is 5.97 Å². The average molecular weight is 555 g/mol. The maximum Gasteiger partial charge on any atom is 0.307 e. The largest absolute Gasteiger partial charge is 0.489 e. The Morgan fingerprint density at radius 2 is 1.65 bits per heavy atom. The fourth-order valence-corrected chi connectivity index (χ4v) is 6.21. The number of aliphatic imine (C=N–C) groups is 1. The molecule has 5 rings (SSSR count). The van der Waals surface area contributed by atoms with Crippen LogP contribution in [0.3, 0.4) is 0 Å². The number of hydrogen-bond donors (Lipinski definition) is 1. The van der Waals surface area contributed by atoms with Crippen LogP contribution in [0.5, 0.6) is 5.75 Å². The van der Waals surface area contributed by atoms with Gasteiger partial charge in [0.25, 0.3) is 5.91 Å². The highest BCUT2D eigenvalue weighted by molar-refractivity contribution is 8.18. The summed E-state index contributed by atoms with van der Waals surface area (Å²) in [6.45, 7) is 2.94. The van der Waals surface area contributed by atoms with Crippen LogP contribution in [0.4, 0.5) is 5.69 Å². The number of amides is 1. The number of benzene rings is 3. The summed E-state index contributed by atoms with van der Waals surface area (Å²) in [6.07, 6.45) is 8.50. The van der Waals surface area contributed by atoms with E-state index in [1.165, 1.54) is 49.4 Å². The SMILES string of the molecule is CCN1C(=O)/C(=C\c2ccc(OCc3ccc(C4CCCCC4)cc3)cc2)SC1=Nc1ccc(CC(=O)O)cc1. The second-order valence-corrected chi connectivity index (χ2v) is 11.2.